The standard InChI is InChI=1S/C13H19N3O2/c1-4-10(14)13(18)16-11-7-5-6-9(8(11)2)12(17)15-3/h5-7,10H,4,14H2,1-3H3,(H,15,17)(H,16,18)/t10-/m0/s1. The van der Waals surface area contributed by atoms with Gasteiger partial charge in [-0.1, -0.05) is 13.0 Å². The van der Waals surface area contributed by atoms with E-state index in [2.05, 4.69) is 10.6 Å². The highest BCUT2D eigenvalue weighted by atomic mass is 16.2. The summed E-state index contributed by atoms with van der Waals surface area (Å²) < 4.78 is 0. The minimum absolute atomic E-state index is 0.177. The molecule has 1 aromatic rings. The van der Waals surface area contributed by atoms with Crippen LogP contribution in [0.1, 0.15) is 29.3 Å². The maximum absolute atomic E-state index is 11.7. The number of amides is 2. The second-order valence-electron chi connectivity index (χ2n) is 4.06. The van der Waals surface area contributed by atoms with Crippen LogP contribution in [-0.2, 0) is 4.79 Å². The van der Waals surface area contributed by atoms with Crippen LogP contribution < -0.4 is 16.4 Å². The van der Waals surface area contributed by atoms with Crippen molar-refractivity contribution in [2.24, 2.45) is 5.73 Å². The lowest BCUT2D eigenvalue weighted by Gasteiger charge is -2.14. The summed E-state index contributed by atoms with van der Waals surface area (Å²) in [6.07, 6.45) is 0.569. The molecular weight excluding hydrogens is 230 g/mol. The molecule has 0 heterocycles. The Hall–Kier alpha value is -1.88. The van der Waals surface area contributed by atoms with E-state index < -0.39 is 6.04 Å². The number of nitrogens with two attached hydrogens (primary N) is 1. The third kappa shape index (κ3) is 3.07. The molecular formula is C13H19N3O2. The number of hydrogen-bond acceptors (Lipinski definition) is 3. The Morgan fingerprint density at radius 2 is 2.06 bits per heavy atom. The van der Waals surface area contributed by atoms with E-state index in [1.54, 1.807) is 32.2 Å². The molecule has 0 fully saturated rings. The van der Waals surface area contributed by atoms with Crippen LogP contribution in [0.4, 0.5) is 5.69 Å². The van der Waals surface area contributed by atoms with Gasteiger partial charge in [0.25, 0.3) is 5.91 Å². The van der Waals surface area contributed by atoms with Crippen molar-refractivity contribution in [3.63, 3.8) is 0 Å². The van der Waals surface area contributed by atoms with Crippen molar-refractivity contribution in [1.82, 2.24) is 5.32 Å². The van der Waals surface area contributed by atoms with E-state index in [1.807, 2.05) is 6.92 Å². The van der Waals surface area contributed by atoms with Crippen LogP contribution in [-0.4, -0.2) is 24.9 Å². The second-order valence-corrected chi connectivity index (χ2v) is 4.06. The molecule has 4 N–H and O–H groups in total. The van der Waals surface area contributed by atoms with Gasteiger partial charge < -0.3 is 16.4 Å². The first-order chi connectivity index (χ1) is 8.51. The van der Waals surface area contributed by atoms with E-state index in [0.717, 1.165) is 5.56 Å². The fraction of sp³-hybridized carbons (Fsp3) is 0.385. The Balaban J connectivity index is 2.98. The number of carbonyl (C=O) groups is 2. The molecule has 0 spiro atoms. The number of hydrogen-bond donors (Lipinski definition) is 3. The summed E-state index contributed by atoms with van der Waals surface area (Å²) in [6, 6.07) is 4.66. The lowest BCUT2D eigenvalue weighted by Crippen LogP contribution is -2.35. The van der Waals surface area contributed by atoms with Gasteiger partial charge in [-0.2, -0.15) is 0 Å². The number of anilines is 1. The molecule has 0 bridgehead atoms. The molecule has 5 heteroatoms. The van der Waals surface area contributed by atoms with Crippen LogP contribution in [0, 0.1) is 6.92 Å². The van der Waals surface area contributed by atoms with Crippen molar-refractivity contribution in [2.45, 2.75) is 26.3 Å². The van der Waals surface area contributed by atoms with Crippen LogP contribution in [0.3, 0.4) is 0 Å². The monoisotopic (exact) mass is 249 g/mol. The molecule has 0 aromatic heterocycles. The van der Waals surface area contributed by atoms with E-state index in [4.69, 9.17) is 5.73 Å². The molecule has 2 amide bonds. The van der Waals surface area contributed by atoms with E-state index in [1.165, 1.54) is 0 Å². The molecule has 0 radical (unpaired) electrons. The Morgan fingerprint density at radius 3 is 2.61 bits per heavy atom. The lowest BCUT2D eigenvalue weighted by molar-refractivity contribution is -0.117. The maximum Gasteiger partial charge on any atom is 0.251 e. The lowest BCUT2D eigenvalue weighted by atomic mass is 10.1. The van der Waals surface area contributed by atoms with Gasteiger partial charge in [-0.05, 0) is 31.0 Å². The van der Waals surface area contributed by atoms with E-state index in [-0.39, 0.29) is 11.8 Å². The number of nitrogens with one attached hydrogen (secondary N) is 2. The van der Waals surface area contributed by atoms with Gasteiger partial charge in [0.05, 0.1) is 6.04 Å². The third-order valence-electron chi connectivity index (χ3n) is 2.84. The molecule has 0 aliphatic heterocycles. The van der Waals surface area contributed by atoms with Gasteiger partial charge in [0.1, 0.15) is 0 Å². The number of carbonyl (C=O) groups excluding carboxylic acids is 2. The van der Waals surface area contributed by atoms with Gasteiger partial charge in [0, 0.05) is 18.3 Å². The topological polar surface area (TPSA) is 84.2 Å². The fourth-order valence-corrected chi connectivity index (χ4v) is 1.56. The summed E-state index contributed by atoms with van der Waals surface area (Å²) in [4.78, 5) is 23.3. The van der Waals surface area contributed by atoms with Gasteiger partial charge in [-0.3, -0.25) is 9.59 Å². The Labute approximate surface area is 107 Å². The van der Waals surface area contributed by atoms with Gasteiger partial charge in [-0.25, -0.2) is 0 Å². The summed E-state index contributed by atoms with van der Waals surface area (Å²) >= 11 is 0. The molecule has 0 aliphatic rings. The average Bonchev–Trinajstić information content (AvgIpc) is 2.39. The first-order valence-electron chi connectivity index (χ1n) is 5.89. The van der Waals surface area contributed by atoms with Gasteiger partial charge in [0.2, 0.25) is 5.91 Å². The first-order valence-corrected chi connectivity index (χ1v) is 5.89. The summed E-state index contributed by atoms with van der Waals surface area (Å²) in [5.74, 6) is -0.418. The molecule has 18 heavy (non-hydrogen) atoms. The predicted molar refractivity (Wildman–Crippen MR) is 71.5 cm³/mol. The highest BCUT2D eigenvalue weighted by Crippen LogP contribution is 2.19. The minimum atomic E-state index is -0.534. The second kappa shape index (κ2) is 6.16. The average molecular weight is 249 g/mol. The molecule has 1 atom stereocenters. The van der Waals surface area contributed by atoms with Crippen LogP contribution in [0.5, 0.6) is 0 Å². The number of rotatable bonds is 4. The molecule has 98 valence electrons. The van der Waals surface area contributed by atoms with Crippen LogP contribution in [0.25, 0.3) is 0 Å². The van der Waals surface area contributed by atoms with E-state index in [0.29, 0.717) is 17.7 Å². The van der Waals surface area contributed by atoms with Crippen LogP contribution in [0.15, 0.2) is 18.2 Å². The summed E-state index contributed by atoms with van der Waals surface area (Å²) in [6.45, 7) is 3.63. The summed E-state index contributed by atoms with van der Waals surface area (Å²) in [5.41, 5.74) is 7.53. The maximum atomic E-state index is 11.7. The zero-order chi connectivity index (χ0) is 13.7. The molecule has 0 saturated heterocycles. The predicted octanol–water partition coefficient (Wildman–Crippen LogP) is 1.03. The van der Waals surface area contributed by atoms with Crippen molar-refractivity contribution in [1.29, 1.82) is 0 Å². The fourth-order valence-electron chi connectivity index (χ4n) is 1.56. The molecule has 5 nitrogen and oxygen atoms in total. The van der Waals surface area contributed by atoms with Crippen molar-refractivity contribution >= 4 is 17.5 Å². The van der Waals surface area contributed by atoms with Gasteiger partial charge in [-0.15, -0.1) is 0 Å². The number of benzene rings is 1. The highest BCUT2D eigenvalue weighted by molar-refractivity contribution is 6.00. The van der Waals surface area contributed by atoms with Crippen molar-refractivity contribution in [3.8, 4) is 0 Å². The largest absolute Gasteiger partial charge is 0.355 e. The van der Waals surface area contributed by atoms with E-state index >= 15 is 0 Å². The smallest absolute Gasteiger partial charge is 0.251 e. The summed E-state index contributed by atoms with van der Waals surface area (Å²) in [5, 5.41) is 5.30. The van der Waals surface area contributed by atoms with Crippen LogP contribution >= 0.6 is 0 Å². The van der Waals surface area contributed by atoms with Crippen molar-refractivity contribution in [2.75, 3.05) is 12.4 Å². The SMILES string of the molecule is CC[C@H](N)C(=O)Nc1cccc(C(=O)NC)c1C. The molecule has 0 saturated carbocycles. The normalized spacial score (nSPS) is 11.8. The first kappa shape index (κ1) is 14.2. The zero-order valence-corrected chi connectivity index (χ0v) is 10.9. The Kier molecular flexibility index (Phi) is 4.85. The quantitative estimate of drug-likeness (QED) is 0.745. The Bertz CT molecular complexity index is 458. The highest BCUT2D eigenvalue weighted by Gasteiger charge is 2.15. The molecule has 1 aromatic carbocycles. The zero-order valence-electron chi connectivity index (χ0n) is 10.9. The van der Waals surface area contributed by atoms with E-state index in [9.17, 15) is 9.59 Å². The van der Waals surface area contributed by atoms with Crippen LogP contribution in [0.2, 0.25) is 0 Å². The minimum Gasteiger partial charge on any atom is -0.355 e. The molecule has 1 rings (SSSR count). The van der Waals surface area contributed by atoms with Crippen molar-refractivity contribution in [3.05, 3.63) is 29.3 Å². The molecule has 0 unspecified atom stereocenters. The van der Waals surface area contributed by atoms with Crippen molar-refractivity contribution < 1.29 is 9.59 Å². The summed E-state index contributed by atoms with van der Waals surface area (Å²) in [7, 11) is 1.57. The third-order valence-corrected chi connectivity index (χ3v) is 2.84. The van der Waals surface area contributed by atoms with Gasteiger partial charge in [0.15, 0.2) is 0 Å². The molecule has 0 aliphatic carbocycles. The van der Waals surface area contributed by atoms with Gasteiger partial charge >= 0.3 is 0 Å². The Morgan fingerprint density at radius 1 is 1.39 bits per heavy atom.